The summed E-state index contributed by atoms with van der Waals surface area (Å²) < 4.78 is 10.7. The van der Waals surface area contributed by atoms with Crippen molar-refractivity contribution in [3.05, 3.63) is 40.9 Å². The Labute approximate surface area is 161 Å². The second-order valence-electron chi connectivity index (χ2n) is 6.01. The van der Waals surface area contributed by atoms with Crippen LogP contribution in [-0.4, -0.2) is 30.6 Å². The van der Waals surface area contributed by atoms with E-state index >= 15 is 0 Å². The smallest absolute Gasteiger partial charge is 0.311 e. The van der Waals surface area contributed by atoms with Gasteiger partial charge in [0.05, 0.1) is 24.3 Å². The molecular weight excluding hydrogens is 362 g/mol. The van der Waals surface area contributed by atoms with E-state index in [1.54, 1.807) is 6.92 Å². The number of carbonyl (C=O) groups is 1. The first-order valence-electron chi connectivity index (χ1n) is 9.03. The van der Waals surface area contributed by atoms with Gasteiger partial charge in [-0.25, -0.2) is 4.98 Å². The van der Waals surface area contributed by atoms with Crippen LogP contribution in [0, 0.1) is 5.41 Å². The first kappa shape index (κ1) is 19.1. The molecule has 27 heavy (non-hydrogen) atoms. The van der Waals surface area contributed by atoms with E-state index < -0.39 is 0 Å². The molecule has 1 N–H and O–H groups in total. The summed E-state index contributed by atoms with van der Waals surface area (Å²) in [7, 11) is 0. The number of nitrogens with one attached hydrogen (secondary N) is 1. The number of aromatic nitrogens is 1. The van der Waals surface area contributed by atoms with E-state index in [0.717, 1.165) is 24.2 Å². The Bertz CT molecular complexity index is 1010. The lowest BCUT2D eigenvalue weighted by Crippen LogP contribution is -2.21. The number of benzene rings is 1. The molecule has 0 aliphatic carbocycles. The van der Waals surface area contributed by atoms with Gasteiger partial charge >= 0.3 is 5.97 Å². The van der Waals surface area contributed by atoms with Crippen molar-refractivity contribution in [2.75, 3.05) is 24.6 Å². The van der Waals surface area contributed by atoms with E-state index in [2.05, 4.69) is 29.8 Å². The molecule has 0 spiro atoms. The summed E-state index contributed by atoms with van der Waals surface area (Å²) in [6.07, 6.45) is 0.135. The van der Waals surface area contributed by atoms with Crippen LogP contribution in [0.1, 0.15) is 26.5 Å². The maximum atomic E-state index is 11.6. The van der Waals surface area contributed by atoms with Crippen LogP contribution in [0.2, 0.25) is 0 Å². The van der Waals surface area contributed by atoms with Crippen molar-refractivity contribution in [2.24, 2.45) is 0 Å². The number of nitrogens with zero attached hydrogens (tertiary/aromatic N) is 2. The van der Waals surface area contributed by atoms with Gasteiger partial charge in [0.2, 0.25) is 5.55 Å². The maximum Gasteiger partial charge on any atom is 0.311 e. The van der Waals surface area contributed by atoms with Crippen molar-refractivity contribution in [3.8, 4) is 10.6 Å². The predicted octanol–water partition coefficient (Wildman–Crippen LogP) is 3.99. The van der Waals surface area contributed by atoms with Gasteiger partial charge in [0, 0.05) is 35.6 Å². The molecule has 1 aromatic carbocycles. The third-order valence-corrected chi connectivity index (χ3v) is 5.22. The number of anilines is 1. The lowest BCUT2D eigenvalue weighted by molar-refractivity contribution is -0.142. The fraction of sp³-hybridized carbons (Fsp3) is 0.350. The molecule has 2 aromatic heterocycles. The van der Waals surface area contributed by atoms with Crippen molar-refractivity contribution >= 4 is 34.0 Å². The SMILES string of the molecule is CCOC(=O)Cc1csc(-c2cc3ccc(N(CC)CC)cc3oc2=N)n1. The Kier molecular flexibility index (Phi) is 5.91. The van der Waals surface area contributed by atoms with Gasteiger partial charge in [-0.1, -0.05) is 0 Å². The number of hydrogen-bond acceptors (Lipinski definition) is 7. The maximum absolute atomic E-state index is 11.6. The van der Waals surface area contributed by atoms with Gasteiger partial charge in [0.1, 0.15) is 10.6 Å². The molecule has 0 aliphatic heterocycles. The summed E-state index contributed by atoms with van der Waals surface area (Å²) in [5, 5.41) is 11.7. The molecule has 0 saturated carbocycles. The van der Waals surface area contributed by atoms with Gasteiger partial charge in [0.15, 0.2) is 0 Å². The van der Waals surface area contributed by atoms with E-state index in [0.29, 0.717) is 28.5 Å². The molecule has 0 radical (unpaired) electrons. The zero-order valence-electron chi connectivity index (χ0n) is 15.7. The summed E-state index contributed by atoms with van der Waals surface area (Å²) in [6.45, 7) is 8.18. The molecule has 0 saturated heterocycles. The largest absolute Gasteiger partial charge is 0.466 e. The third-order valence-electron chi connectivity index (χ3n) is 4.30. The molecule has 0 bridgehead atoms. The molecule has 2 heterocycles. The summed E-state index contributed by atoms with van der Waals surface area (Å²) in [4.78, 5) is 18.3. The average molecular weight is 385 g/mol. The Hall–Kier alpha value is -2.67. The van der Waals surface area contributed by atoms with E-state index in [1.165, 1.54) is 11.3 Å². The molecule has 0 amide bonds. The van der Waals surface area contributed by atoms with Crippen LogP contribution in [0.15, 0.2) is 34.1 Å². The van der Waals surface area contributed by atoms with Crippen molar-refractivity contribution in [1.82, 2.24) is 4.98 Å². The molecule has 0 aliphatic rings. The topological polar surface area (TPSA) is 79.4 Å². The molecule has 0 unspecified atom stereocenters. The van der Waals surface area contributed by atoms with Crippen LogP contribution < -0.4 is 10.5 Å². The van der Waals surface area contributed by atoms with E-state index in [-0.39, 0.29) is 17.9 Å². The number of thiazole rings is 1. The summed E-state index contributed by atoms with van der Waals surface area (Å²) in [6, 6.07) is 7.95. The normalized spacial score (nSPS) is 10.9. The van der Waals surface area contributed by atoms with Crippen molar-refractivity contribution in [3.63, 3.8) is 0 Å². The van der Waals surface area contributed by atoms with Crippen molar-refractivity contribution < 1.29 is 13.9 Å². The van der Waals surface area contributed by atoms with Crippen molar-refractivity contribution in [2.45, 2.75) is 27.2 Å². The Morgan fingerprint density at radius 3 is 2.74 bits per heavy atom. The monoisotopic (exact) mass is 385 g/mol. The average Bonchev–Trinajstić information content (AvgIpc) is 3.10. The first-order valence-corrected chi connectivity index (χ1v) is 9.91. The Morgan fingerprint density at radius 1 is 1.26 bits per heavy atom. The van der Waals surface area contributed by atoms with Crippen LogP contribution in [0.5, 0.6) is 0 Å². The minimum atomic E-state index is -0.299. The van der Waals surface area contributed by atoms with Crippen LogP contribution in [0.3, 0.4) is 0 Å². The van der Waals surface area contributed by atoms with Gasteiger partial charge < -0.3 is 14.1 Å². The highest BCUT2D eigenvalue weighted by atomic mass is 32.1. The quantitative estimate of drug-likeness (QED) is 0.622. The van der Waals surface area contributed by atoms with Crippen LogP contribution in [0.25, 0.3) is 21.5 Å². The van der Waals surface area contributed by atoms with E-state index in [4.69, 9.17) is 14.6 Å². The zero-order chi connectivity index (χ0) is 19.4. The Balaban J connectivity index is 1.93. The minimum Gasteiger partial charge on any atom is -0.466 e. The van der Waals surface area contributed by atoms with Crippen molar-refractivity contribution in [1.29, 1.82) is 5.41 Å². The highest BCUT2D eigenvalue weighted by Gasteiger charge is 2.13. The zero-order valence-corrected chi connectivity index (χ0v) is 16.6. The molecule has 142 valence electrons. The molecule has 3 rings (SSSR count). The summed E-state index contributed by atoms with van der Waals surface area (Å²) in [5.74, 6) is -0.299. The van der Waals surface area contributed by atoms with Crippen LogP contribution in [-0.2, 0) is 16.0 Å². The van der Waals surface area contributed by atoms with Crippen LogP contribution >= 0.6 is 11.3 Å². The Morgan fingerprint density at radius 2 is 2.04 bits per heavy atom. The summed E-state index contributed by atoms with van der Waals surface area (Å²) in [5.41, 5.74) is 3.09. The van der Waals surface area contributed by atoms with Gasteiger partial charge in [-0.15, -0.1) is 11.3 Å². The minimum absolute atomic E-state index is 0.0660. The number of carbonyl (C=O) groups excluding carboxylic acids is 1. The molecule has 6 nitrogen and oxygen atoms in total. The van der Waals surface area contributed by atoms with E-state index in [9.17, 15) is 4.79 Å². The predicted molar refractivity (Wildman–Crippen MR) is 107 cm³/mol. The summed E-state index contributed by atoms with van der Waals surface area (Å²) >= 11 is 1.39. The standard InChI is InChI=1S/C20H23N3O3S/c1-4-23(5-2)15-8-7-13-9-16(19(21)26-17(13)11-15)20-22-14(12-27-20)10-18(24)25-6-3/h7-9,11-12,21H,4-6,10H2,1-3H3. The molecule has 3 aromatic rings. The van der Waals surface area contributed by atoms with E-state index in [1.807, 2.05) is 23.6 Å². The fourth-order valence-corrected chi connectivity index (χ4v) is 3.77. The molecule has 0 atom stereocenters. The number of ether oxygens (including phenoxy) is 1. The van der Waals surface area contributed by atoms with Gasteiger partial charge in [-0.05, 0) is 39.0 Å². The fourth-order valence-electron chi connectivity index (χ4n) is 2.93. The second-order valence-corrected chi connectivity index (χ2v) is 6.87. The highest BCUT2D eigenvalue weighted by Crippen LogP contribution is 2.27. The van der Waals surface area contributed by atoms with Gasteiger partial charge in [-0.3, -0.25) is 10.2 Å². The number of rotatable bonds is 7. The van der Waals surface area contributed by atoms with Gasteiger partial charge in [0.25, 0.3) is 0 Å². The highest BCUT2D eigenvalue weighted by molar-refractivity contribution is 7.13. The number of esters is 1. The first-order chi connectivity index (χ1) is 13.0. The molecule has 7 heteroatoms. The number of hydrogen-bond donors (Lipinski definition) is 1. The molecular formula is C20H23N3O3S. The molecule has 0 fully saturated rings. The number of fused-ring (bicyclic) bond motifs is 1. The lowest BCUT2D eigenvalue weighted by Gasteiger charge is -2.21. The lowest BCUT2D eigenvalue weighted by atomic mass is 10.1. The third kappa shape index (κ3) is 4.19. The van der Waals surface area contributed by atoms with Crippen LogP contribution in [0.4, 0.5) is 5.69 Å². The van der Waals surface area contributed by atoms with Gasteiger partial charge in [-0.2, -0.15) is 0 Å². The second kappa shape index (κ2) is 8.35.